The van der Waals surface area contributed by atoms with Gasteiger partial charge in [0.2, 0.25) is 5.91 Å². The lowest BCUT2D eigenvalue weighted by atomic mass is 10.1. The van der Waals surface area contributed by atoms with Gasteiger partial charge in [-0.3, -0.25) is 9.69 Å². The maximum atomic E-state index is 12.5. The molecule has 0 spiro atoms. The number of hydrogen-bond donors (Lipinski definition) is 0. The zero-order chi connectivity index (χ0) is 16.3. The lowest BCUT2D eigenvalue weighted by molar-refractivity contribution is -0.121. The molecule has 7 heteroatoms. The highest BCUT2D eigenvalue weighted by Crippen LogP contribution is 2.22. The summed E-state index contributed by atoms with van der Waals surface area (Å²) in [6, 6.07) is 3.46. The first-order valence-electron chi connectivity index (χ1n) is 7.31. The maximum absolute atomic E-state index is 12.5. The van der Waals surface area contributed by atoms with Gasteiger partial charge < -0.3 is 9.64 Å². The highest BCUT2D eigenvalue weighted by Gasteiger charge is 2.35. The van der Waals surface area contributed by atoms with Gasteiger partial charge in [0.05, 0.1) is 5.92 Å². The molecule has 0 bridgehead atoms. The van der Waals surface area contributed by atoms with Crippen LogP contribution < -0.4 is 4.90 Å². The van der Waals surface area contributed by atoms with E-state index in [1.165, 1.54) is 4.90 Å². The fraction of sp³-hybridized carbons (Fsp3) is 0.600. The first-order chi connectivity index (χ1) is 10.3. The van der Waals surface area contributed by atoms with E-state index >= 15 is 0 Å². The van der Waals surface area contributed by atoms with Crippen LogP contribution in [0.1, 0.15) is 27.2 Å². The number of aromatic nitrogens is 2. The number of ether oxygens (including phenoxy) is 1. The van der Waals surface area contributed by atoms with Crippen molar-refractivity contribution in [2.45, 2.75) is 32.8 Å². The Kier molecular flexibility index (Phi) is 4.63. The minimum Gasteiger partial charge on any atom is -0.444 e. The molecule has 1 aromatic heterocycles. The second-order valence-corrected chi connectivity index (χ2v) is 6.39. The Balaban J connectivity index is 1.95. The van der Waals surface area contributed by atoms with Crippen molar-refractivity contribution in [3.8, 4) is 0 Å². The largest absolute Gasteiger partial charge is 0.444 e. The molecular formula is C15H22N4O3. The zero-order valence-corrected chi connectivity index (χ0v) is 13.4. The number of amides is 2. The number of likely N-dealkylation sites (tertiary alicyclic amines) is 1. The predicted molar refractivity (Wildman–Crippen MR) is 81.4 cm³/mol. The minimum atomic E-state index is -0.532. The van der Waals surface area contributed by atoms with Crippen LogP contribution in [0.4, 0.5) is 10.6 Å². The summed E-state index contributed by atoms with van der Waals surface area (Å²) in [7, 11) is 1.67. The van der Waals surface area contributed by atoms with Crippen molar-refractivity contribution in [3.05, 3.63) is 18.3 Å². The molecule has 1 atom stereocenters. The highest BCUT2D eigenvalue weighted by molar-refractivity contribution is 5.94. The molecule has 0 aliphatic carbocycles. The van der Waals surface area contributed by atoms with Crippen molar-refractivity contribution in [3.63, 3.8) is 0 Å². The van der Waals surface area contributed by atoms with Crippen LogP contribution in [-0.4, -0.2) is 52.8 Å². The van der Waals surface area contributed by atoms with Crippen molar-refractivity contribution < 1.29 is 14.3 Å². The van der Waals surface area contributed by atoms with Gasteiger partial charge in [-0.1, -0.05) is 0 Å². The average molecular weight is 306 g/mol. The van der Waals surface area contributed by atoms with E-state index in [0.717, 1.165) is 0 Å². The molecule has 1 aliphatic heterocycles. The molecule has 1 saturated heterocycles. The molecule has 0 saturated carbocycles. The van der Waals surface area contributed by atoms with Crippen LogP contribution in [0.15, 0.2) is 18.3 Å². The Labute approximate surface area is 130 Å². The van der Waals surface area contributed by atoms with Gasteiger partial charge in [0.15, 0.2) is 5.82 Å². The van der Waals surface area contributed by atoms with Crippen molar-refractivity contribution in [2.24, 2.45) is 5.92 Å². The second-order valence-electron chi connectivity index (χ2n) is 6.39. The molecule has 0 radical (unpaired) electrons. The number of nitrogens with zero attached hydrogens (tertiary/aromatic N) is 4. The summed E-state index contributed by atoms with van der Waals surface area (Å²) < 4.78 is 5.33. The van der Waals surface area contributed by atoms with E-state index in [4.69, 9.17) is 4.74 Å². The third kappa shape index (κ3) is 3.93. The molecule has 120 valence electrons. The van der Waals surface area contributed by atoms with E-state index in [1.807, 2.05) is 20.8 Å². The summed E-state index contributed by atoms with van der Waals surface area (Å²) in [5.74, 6) is 0.203. The summed E-state index contributed by atoms with van der Waals surface area (Å²) in [6.45, 7) is 6.38. The first kappa shape index (κ1) is 16.2. The number of carbonyl (C=O) groups is 2. The summed E-state index contributed by atoms with van der Waals surface area (Å²) in [4.78, 5) is 27.6. The first-order valence-corrected chi connectivity index (χ1v) is 7.31. The predicted octanol–water partition coefficient (Wildman–Crippen LogP) is 1.70. The molecule has 0 aromatic carbocycles. The van der Waals surface area contributed by atoms with Gasteiger partial charge in [-0.05, 0) is 39.3 Å². The highest BCUT2D eigenvalue weighted by atomic mass is 16.6. The number of rotatable bonds is 2. The van der Waals surface area contributed by atoms with Crippen molar-refractivity contribution in [1.82, 2.24) is 15.1 Å². The Morgan fingerprint density at radius 1 is 1.41 bits per heavy atom. The quantitative estimate of drug-likeness (QED) is 0.831. The lowest BCUT2D eigenvalue weighted by Gasteiger charge is -2.24. The molecule has 1 aliphatic rings. The fourth-order valence-electron chi connectivity index (χ4n) is 2.31. The van der Waals surface area contributed by atoms with E-state index in [9.17, 15) is 9.59 Å². The Morgan fingerprint density at radius 3 is 2.73 bits per heavy atom. The molecular weight excluding hydrogens is 284 g/mol. The Morgan fingerprint density at radius 2 is 2.14 bits per heavy atom. The molecule has 2 amide bonds. The fourth-order valence-corrected chi connectivity index (χ4v) is 2.31. The van der Waals surface area contributed by atoms with Crippen molar-refractivity contribution >= 4 is 17.8 Å². The normalized spacial score (nSPS) is 18.2. The van der Waals surface area contributed by atoms with E-state index in [0.29, 0.717) is 25.3 Å². The zero-order valence-electron chi connectivity index (χ0n) is 13.4. The van der Waals surface area contributed by atoms with Crippen molar-refractivity contribution in [2.75, 3.05) is 25.0 Å². The van der Waals surface area contributed by atoms with E-state index in [2.05, 4.69) is 10.2 Å². The Hall–Kier alpha value is -2.18. The monoisotopic (exact) mass is 306 g/mol. The third-order valence-electron chi connectivity index (χ3n) is 3.42. The van der Waals surface area contributed by atoms with Gasteiger partial charge in [0.25, 0.3) is 0 Å². The lowest BCUT2D eigenvalue weighted by Crippen LogP contribution is -2.38. The minimum absolute atomic E-state index is 0.0634. The SMILES string of the molecule is CN(C(=O)C1CCN(C(=O)OC(C)(C)C)C1)c1cccnn1. The molecule has 1 fully saturated rings. The smallest absolute Gasteiger partial charge is 0.410 e. The van der Waals surface area contributed by atoms with Gasteiger partial charge in [0, 0.05) is 26.3 Å². The van der Waals surface area contributed by atoms with Crippen LogP contribution in [0.25, 0.3) is 0 Å². The van der Waals surface area contributed by atoms with E-state index in [1.54, 1.807) is 30.3 Å². The van der Waals surface area contributed by atoms with Gasteiger partial charge in [-0.2, -0.15) is 5.10 Å². The van der Waals surface area contributed by atoms with E-state index < -0.39 is 5.60 Å². The molecule has 7 nitrogen and oxygen atoms in total. The van der Waals surface area contributed by atoms with Crippen LogP contribution in [0.2, 0.25) is 0 Å². The molecule has 2 rings (SSSR count). The Bertz CT molecular complexity index is 541. The summed E-state index contributed by atoms with van der Waals surface area (Å²) in [5.41, 5.74) is -0.532. The second kappa shape index (κ2) is 6.29. The summed E-state index contributed by atoms with van der Waals surface area (Å²) >= 11 is 0. The topological polar surface area (TPSA) is 75.6 Å². The molecule has 0 N–H and O–H groups in total. The van der Waals surface area contributed by atoms with Gasteiger partial charge in [0.1, 0.15) is 5.60 Å². The third-order valence-corrected chi connectivity index (χ3v) is 3.42. The van der Waals surface area contributed by atoms with Gasteiger partial charge in [-0.25, -0.2) is 4.79 Å². The summed E-state index contributed by atoms with van der Waals surface area (Å²) in [5, 5.41) is 7.69. The van der Waals surface area contributed by atoms with Crippen LogP contribution in [0.3, 0.4) is 0 Å². The van der Waals surface area contributed by atoms with Gasteiger partial charge in [-0.15, -0.1) is 5.10 Å². The number of hydrogen-bond acceptors (Lipinski definition) is 5. The average Bonchev–Trinajstić information content (AvgIpc) is 2.95. The van der Waals surface area contributed by atoms with E-state index in [-0.39, 0.29) is 17.9 Å². The maximum Gasteiger partial charge on any atom is 0.410 e. The number of anilines is 1. The molecule has 22 heavy (non-hydrogen) atoms. The molecule has 2 heterocycles. The van der Waals surface area contributed by atoms with Crippen LogP contribution in [-0.2, 0) is 9.53 Å². The van der Waals surface area contributed by atoms with Crippen molar-refractivity contribution in [1.29, 1.82) is 0 Å². The summed E-state index contributed by atoms with van der Waals surface area (Å²) in [6.07, 6.45) is 1.81. The molecule has 1 unspecified atom stereocenters. The van der Waals surface area contributed by atoms with Crippen LogP contribution in [0.5, 0.6) is 0 Å². The van der Waals surface area contributed by atoms with Crippen LogP contribution in [0, 0.1) is 5.92 Å². The molecule has 1 aromatic rings. The standard InChI is InChI=1S/C15H22N4O3/c1-15(2,3)22-14(21)19-9-7-11(10-19)13(20)18(4)12-6-5-8-16-17-12/h5-6,8,11H,7,9-10H2,1-4H3. The van der Waals surface area contributed by atoms with Crippen LogP contribution >= 0.6 is 0 Å². The number of carbonyl (C=O) groups excluding carboxylic acids is 2. The van der Waals surface area contributed by atoms with Gasteiger partial charge >= 0.3 is 6.09 Å².